The number of aryl methyl sites for hydroxylation is 1. The van der Waals surface area contributed by atoms with E-state index in [0.717, 1.165) is 24.1 Å². The van der Waals surface area contributed by atoms with Crippen molar-refractivity contribution in [1.82, 2.24) is 20.4 Å². The number of nitrogens with one attached hydrogen (secondary N) is 2. The summed E-state index contributed by atoms with van der Waals surface area (Å²) in [6, 6.07) is 0. The zero-order chi connectivity index (χ0) is 18.3. The van der Waals surface area contributed by atoms with Gasteiger partial charge in [-0.1, -0.05) is 0 Å². The first-order valence-electron chi connectivity index (χ1n) is 8.13. The fourth-order valence-corrected chi connectivity index (χ4v) is 2.48. The number of halogens is 3. The third-order valence-electron chi connectivity index (χ3n) is 3.70. The molecule has 7 nitrogen and oxygen atoms in total. The summed E-state index contributed by atoms with van der Waals surface area (Å²) in [5, 5.41) is 9.39. The van der Waals surface area contributed by atoms with Crippen LogP contribution >= 0.6 is 0 Å². The molecule has 25 heavy (non-hydrogen) atoms. The molecule has 1 aliphatic heterocycles. The number of aliphatic imine (C=N–C) groups is 1. The van der Waals surface area contributed by atoms with Gasteiger partial charge < -0.3 is 20.1 Å². The van der Waals surface area contributed by atoms with Gasteiger partial charge in [-0.2, -0.15) is 18.3 Å². The summed E-state index contributed by atoms with van der Waals surface area (Å²) in [5.74, 6) is 0.432. The minimum absolute atomic E-state index is 0.0156. The van der Waals surface area contributed by atoms with E-state index in [1.165, 1.54) is 13.2 Å². The van der Waals surface area contributed by atoms with Crippen LogP contribution < -0.4 is 10.6 Å². The monoisotopic (exact) mass is 363 g/mol. The maximum Gasteiger partial charge on any atom is 0.435 e. The zero-order valence-corrected chi connectivity index (χ0v) is 14.4. The molecule has 0 bridgehead atoms. The SMILES string of the molecule is CN=C(NCCCOC1CCOC1)NCc1cn(C)nc1C(F)(F)F. The Kier molecular flexibility index (Phi) is 7.06. The summed E-state index contributed by atoms with van der Waals surface area (Å²) in [5.41, 5.74) is -0.812. The normalized spacial score (nSPS) is 18.6. The van der Waals surface area contributed by atoms with Crippen molar-refractivity contribution in [2.75, 3.05) is 33.4 Å². The van der Waals surface area contributed by atoms with Crippen molar-refractivity contribution in [3.63, 3.8) is 0 Å². The molecule has 0 aromatic carbocycles. The second-order valence-corrected chi connectivity index (χ2v) is 5.74. The largest absolute Gasteiger partial charge is 0.435 e. The van der Waals surface area contributed by atoms with E-state index >= 15 is 0 Å². The minimum atomic E-state index is -4.48. The van der Waals surface area contributed by atoms with Crippen LogP contribution in [-0.4, -0.2) is 55.3 Å². The fraction of sp³-hybridized carbons (Fsp3) is 0.733. The summed E-state index contributed by atoms with van der Waals surface area (Å²) in [7, 11) is 3.02. The second kappa shape index (κ2) is 9.04. The molecule has 0 radical (unpaired) electrons. The molecule has 1 aromatic rings. The van der Waals surface area contributed by atoms with Crippen LogP contribution in [0.4, 0.5) is 13.2 Å². The third kappa shape index (κ3) is 6.20. The lowest BCUT2D eigenvalue weighted by atomic mass is 10.2. The molecule has 2 N–H and O–H groups in total. The number of ether oxygens (including phenoxy) is 2. The summed E-state index contributed by atoms with van der Waals surface area (Å²) in [6.07, 6.45) is -1.28. The van der Waals surface area contributed by atoms with Gasteiger partial charge in [0.2, 0.25) is 0 Å². The van der Waals surface area contributed by atoms with Crippen molar-refractivity contribution in [3.8, 4) is 0 Å². The van der Waals surface area contributed by atoms with Gasteiger partial charge in [-0.05, 0) is 12.8 Å². The van der Waals surface area contributed by atoms with Crippen LogP contribution in [0.2, 0.25) is 0 Å². The molecule has 0 amide bonds. The molecule has 1 unspecified atom stereocenters. The van der Waals surface area contributed by atoms with E-state index in [2.05, 4.69) is 20.7 Å². The van der Waals surface area contributed by atoms with Crippen molar-refractivity contribution < 1.29 is 22.6 Å². The van der Waals surface area contributed by atoms with Gasteiger partial charge in [0.15, 0.2) is 11.7 Å². The number of alkyl halides is 3. The van der Waals surface area contributed by atoms with Gasteiger partial charge in [0.25, 0.3) is 0 Å². The van der Waals surface area contributed by atoms with E-state index in [9.17, 15) is 13.2 Å². The first kappa shape index (κ1) is 19.5. The lowest BCUT2D eigenvalue weighted by molar-refractivity contribution is -0.142. The minimum Gasteiger partial charge on any atom is -0.379 e. The predicted molar refractivity (Wildman–Crippen MR) is 86.2 cm³/mol. The Labute approximate surface area is 144 Å². The van der Waals surface area contributed by atoms with E-state index < -0.39 is 11.9 Å². The van der Waals surface area contributed by atoms with Crippen LogP contribution in [0, 0.1) is 0 Å². The molecule has 142 valence electrons. The van der Waals surface area contributed by atoms with Crippen molar-refractivity contribution in [1.29, 1.82) is 0 Å². The first-order valence-corrected chi connectivity index (χ1v) is 8.13. The lowest BCUT2D eigenvalue weighted by Gasteiger charge is -2.13. The van der Waals surface area contributed by atoms with Crippen LogP contribution in [0.15, 0.2) is 11.2 Å². The van der Waals surface area contributed by atoms with Gasteiger partial charge >= 0.3 is 6.18 Å². The third-order valence-corrected chi connectivity index (χ3v) is 3.70. The van der Waals surface area contributed by atoms with Crippen molar-refractivity contribution >= 4 is 5.96 Å². The first-order chi connectivity index (χ1) is 11.9. The van der Waals surface area contributed by atoms with E-state index in [1.807, 2.05) is 0 Å². The Bertz CT molecular complexity index is 568. The molecule has 2 rings (SSSR count). The molecule has 1 saturated heterocycles. The molecule has 0 saturated carbocycles. The summed E-state index contributed by atoms with van der Waals surface area (Å²) in [6.45, 7) is 2.57. The van der Waals surface area contributed by atoms with Gasteiger partial charge in [0.05, 0.1) is 12.7 Å². The van der Waals surface area contributed by atoms with E-state index in [-0.39, 0.29) is 18.2 Å². The van der Waals surface area contributed by atoms with Crippen LogP contribution in [0.3, 0.4) is 0 Å². The quantitative estimate of drug-likeness (QED) is 0.434. The Balaban J connectivity index is 1.71. The van der Waals surface area contributed by atoms with Crippen molar-refractivity contribution in [2.45, 2.75) is 31.7 Å². The van der Waals surface area contributed by atoms with Crippen LogP contribution in [0.5, 0.6) is 0 Å². The average Bonchev–Trinajstić information content (AvgIpc) is 3.19. The summed E-state index contributed by atoms with van der Waals surface area (Å²) in [4.78, 5) is 4.00. The van der Waals surface area contributed by atoms with Crippen molar-refractivity contribution in [3.05, 3.63) is 17.5 Å². The topological polar surface area (TPSA) is 72.7 Å². The predicted octanol–water partition coefficient (Wildman–Crippen LogP) is 1.30. The molecule has 1 fully saturated rings. The molecule has 0 spiro atoms. The highest BCUT2D eigenvalue weighted by molar-refractivity contribution is 5.79. The highest BCUT2D eigenvalue weighted by Crippen LogP contribution is 2.30. The van der Waals surface area contributed by atoms with Gasteiger partial charge in [0.1, 0.15) is 0 Å². The Morgan fingerprint density at radius 3 is 2.92 bits per heavy atom. The van der Waals surface area contributed by atoms with E-state index in [4.69, 9.17) is 9.47 Å². The molecule has 1 aliphatic rings. The van der Waals surface area contributed by atoms with Crippen LogP contribution in [-0.2, 0) is 29.2 Å². The zero-order valence-electron chi connectivity index (χ0n) is 14.4. The molecule has 1 atom stereocenters. The molecular formula is C15H24F3N5O2. The standard InChI is InChI=1S/C15H24F3N5O2/c1-19-14(20-5-3-6-25-12-4-7-24-10-12)21-8-11-9-23(2)22-13(11)15(16,17)18/h9,12H,3-8,10H2,1-2H3,(H2,19,20,21). The molecule has 10 heteroatoms. The molecule has 1 aromatic heterocycles. The van der Waals surface area contributed by atoms with Crippen LogP contribution in [0.25, 0.3) is 0 Å². The summed E-state index contributed by atoms with van der Waals surface area (Å²) < 4.78 is 50.8. The highest BCUT2D eigenvalue weighted by atomic mass is 19.4. The van der Waals surface area contributed by atoms with E-state index in [1.54, 1.807) is 7.05 Å². The maximum atomic E-state index is 12.9. The highest BCUT2D eigenvalue weighted by Gasteiger charge is 2.36. The van der Waals surface area contributed by atoms with Gasteiger partial charge in [-0.3, -0.25) is 9.67 Å². The number of aromatic nitrogens is 2. The number of nitrogens with zero attached hydrogens (tertiary/aromatic N) is 3. The fourth-order valence-electron chi connectivity index (χ4n) is 2.48. The lowest BCUT2D eigenvalue weighted by Crippen LogP contribution is -2.38. The maximum absolute atomic E-state index is 12.9. The van der Waals surface area contributed by atoms with Crippen molar-refractivity contribution in [2.24, 2.45) is 12.0 Å². The average molecular weight is 363 g/mol. The number of guanidine groups is 1. The second-order valence-electron chi connectivity index (χ2n) is 5.74. The van der Waals surface area contributed by atoms with Gasteiger partial charge in [-0.15, -0.1) is 0 Å². The Hall–Kier alpha value is -1.81. The van der Waals surface area contributed by atoms with E-state index in [0.29, 0.717) is 25.7 Å². The Morgan fingerprint density at radius 2 is 2.28 bits per heavy atom. The number of hydrogen-bond donors (Lipinski definition) is 2. The molecular weight excluding hydrogens is 339 g/mol. The summed E-state index contributed by atoms with van der Waals surface area (Å²) >= 11 is 0. The van der Waals surface area contributed by atoms with Gasteiger partial charge in [0, 0.05) is 52.2 Å². The molecule has 0 aliphatic carbocycles. The number of rotatable bonds is 7. The van der Waals surface area contributed by atoms with Crippen LogP contribution in [0.1, 0.15) is 24.1 Å². The molecule has 2 heterocycles. The Morgan fingerprint density at radius 1 is 1.48 bits per heavy atom. The smallest absolute Gasteiger partial charge is 0.379 e. The number of hydrogen-bond acceptors (Lipinski definition) is 4. The van der Waals surface area contributed by atoms with Gasteiger partial charge in [-0.25, -0.2) is 0 Å².